The van der Waals surface area contributed by atoms with E-state index in [0.717, 1.165) is 13.0 Å². The van der Waals surface area contributed by atoms with Crippen molar-refractivity contribution >= 4 is 5.57 Å². The molecule has 2 rings (SSSR count). The molecule has 2 heteroatoms. The van der Waals surface area contributed by atoms with Crippen LogP contribution >= 0.6 is 0 Å². The number of ether oxygens (including phenoxy) is 1. The summed E-state index contributed by atoms with van der Waals surface area (Å²) in [6, 6.07) is 9.00. The number of unbranched alkanes of at least 4 members (excludes halogenated alkanes) is 3. The fraction of sp³-hybridized carbons (Fsp3) is 0.692. The first-order valence-corrected chi connectivity index (χ1v) is 11.1. The van der Waals surface area contributed by atoms with Gasteiger partial charge in [-0.05, 0) is 91.4 Å². The van der Waals surface area contributed by atoms with E-state index in [1.807, 2.05) is 0 Å². The smallest absolute Gasteiger partial charge is 0.0598 e. The molecule has 1 aliphatic rings. The predicted molar refractivity (Wildman–Crippen MR) is 123 cm³/mol. The first kappa shape index (κ1) is 23.2. The van der Waals surface area contributed by atoms with Crippen LogP contribution in [0, 0.1) is 0 Å². The van der Waals surface area contributed by atoms with Crippen molar-refractivity contribution in [1.82, 2.24) is 5.32 Å². The van der Waals surface area contributed by atoms with Gasteiger partial charge in [-0.3, -0.25) is 0 Å². The van der Waals surface area contributed by atoms with Gasteiger partial charge in [-0.15, -0.1) is 0 Å². The van der Waals surface area contributed by atoms with Crippen LogP contribution in [0.15, 0.2) is 30.3 Å². The molecule has 1 unspecified atom stereocenters. The molecule has 0 heterocycles. The summed E-state index contributed by atoms with van der Waals surface area (Å²) in [7, 11) is 0. The summed E-state index contributed by atoms with van der Waals surface area (Å²) in [5, 5.41) is 3.84. The first-order valence-electron chi connectivity index (χ1n) is 11.1. The quantitative estimate of drug-likeness (QED) is 0.458. The molecule has 1 aromatic rings. The van der Waals surface area contributed by atoms with Crippen LogP contribution in [-0.2, 0) is 4.74 Å². The molecule has 1 aliphatic carbocycles. The highest BCUT2D eigenvalue weighted by Crippen LogP contribution is 2.44. The average Bonchev–Trinajstić information content (AvgIpc) is 2.91. The SMILES string of the molecule is CC(C)(C)NC(C)(C)C1C=C(CCCCCCOC(C)(C)C)c2ccccc21. The van der Waals surface area contributed by atoms with Crippen molar-refractivity contribution in [3.8, 4) is 0 Å². The van der Waals surface area contributed by atoms with E-state index < -0.39 is 0 Å². The highest BCUT2D eigenvalue weighted by Gasteiger charge is 2.36. The van der Waals surface area contributed by atoms with Crippen molar-refractivity contribution in [2.45, 2.75) is 110 Å². The van der Waals surface area contributed by atoms with E-state index in [9.17, 15) is 0 Å². The molecule has 1 aromatic carbocycles. The normalized spacial score (nSPS) is 17.6. The number of hydrogen-bond donors (Lipinski definition) is 1. The van der Waals surface area contributed by atoms with E-state index >= 15 is 0 Å². The van der Waals surface area contributed by atoms with E-state index in [4.69, 9.17) is 4.74 Å². The Labute approximate surface area is 174 Å². The van der Waals surface area contributed by atoms with E-state index in [2.05, 4.69) is 91.0 Å². The van der Waals surface area contributed by atoms with Crippen LogP contribution < -0.4 is 5.32 Å². The third kappa shape index (κ3) is 7.04. The second-order valence-electron chi connectivity index (χ2n) is 11.0. The third-order valence-electron chi connectivity index (χ3n) is 5.36. The molecule has 0 saturated carbocycles. The zero-order valence-electron chi connectivity index (χ0n) is 19.6. The Morgan fingerprint density at radius 2 is 1.50 bits per heavy atom. The van der Waals surface area contributed by atoms with E-state index in [1.165, 1.54) is 42.4 Å². The van der Waals surface area contributed by atoms with E-state index in [1.54, 1.807) is 0 Å². The molecule has 158 valence electrons. The molecule has 2 nitrogen and oxygen atoms in total. The van der Waals surface area contributed by atoms with Crippen molar-refractivity contribution in [2.24, 2.45) is 0 Å². The van der Waals surface area contributed by atoms with Crippen LogP contribution in [0.4, 0.5) is 0 Å². The second-order valence-corrected chi connectivity index (χ2v) is 11.0. The molecule has 0 radical (unpaired) electrons. The summed E-state index contributed by atoms with van der Waals surface area (Å²) >= 11 is 0. The molecule has 0 aliphatic heterocycles. The summed E-state index contributed by atoms with van der Waals surface area (Å²) in [6.07, 6.45) is 8.67. The van der Waals surface area contributed by atoms with Crippen LogP contribution in [0.3, 0.4) is 0 Å². The summed E-state index contributed by atoms with van der Waals surface area (Å²) in [5.41, 5.74) is 4.60. The molecule has 28 heavy (non-hydrogen) atoms. The van der Waals surface area contributed by atoms with Gasteiger partial charge in [0.25, 0.3) is 0 Å². The largest absolute Gasteiger partial charge is 0.376 e. The number of hydrogen-bond acceptors (Lipinski definition) is 2. The van der Waals surface area contributed by atoms with Gasteiger partial charge in [-0.2, -0.15) is 0 Å². The Morgan fingerprint density at radius 3 is 2.14 bits per heavy atom. The number of fused-ring (bicyclic) bond motifs is 1. The lowest BCUT2D eigenvalue weighted by molar-refractivity contribution is -0.00473. The molecule has 1 N–H and O–H groups in total. The lowest BCUT2D eigenvalue weighted by Crippen LogP contribution is -2.53. The maximum Gasteiger partial charge on any atom is 0.0598 e. The van der Waals surface area contributed by atoms with Gasteiger partial charge >= 0.3 is 0 Å². The minimum Gasteiger partial charge on any atom is -0.376 e. The van der Waals surface area contributed by atoms with Crippen LogP contribution in [-0.4, -0.2) is 23.3 Å². The van der Waals surface area contributed by atoms with Gasteiger partial charge in [-0.1, -0.05) is 43.2 Å². The van der Waals surface area contributed by atoms with Crippen molar-refractivity contribution in [3.05, 3.63) is 41.5 Å². The van der Waals surface area contributed by atoms with Crippen LogP contribution in [0.2, 0.25) is 0 Å². The lowest BCUT2D eigenvalue weighted by Gasteiger charge is -2.39. The third-order valence-corrected chi connectivity index (χ3v) is 5.36. The van der Waals surface area contributed by atoms with Crippen LogP contribution in [0.5, 0.6) is 0 Å². The molecule has 1 atom stereocenters. The van der Waals surface area contributed by atoms with Gasteiger partial charge in [0.1, 0.15) is 0 Å². The summed E-state index contributed by atoms with van der Waals surface area (Å²) in [6.45, 7) is 18.7. The number of allylic oxidation sites excluding steroid dienone is 1. The highest BCUT2D eigenvalue weighted by molar-refractivity contribution is 5.75. The van der Waals surface area contributed by atoms with Gasteiger partial charge < -0.3 is 10.1 Å². The van der Waals surface area contributed by atoms with Crippen molar-refractivity contribution in [1.29, 1.82) is 0 Å². The van der Waals surface area contributed by atoms with Crippen molar-refractivity contribution in [2.75, 3.05) is 6.61 Å². The fourth-order valence-corrected chi connectivity index (χ4v) is 4.45. The Morgan fingerprint density at radius 1 is 0.857 bits per heavy atom. The zero-order chi connectivity index (χ0) is 21.0. The van der Waals surface area contributed by atoms with Gasteiger partial charge in [0.15, 0.2) is 0 Å². The standard InChI is InChI=1S/C26H43NO/c1-24(2,3)27-26(7,8)23-19-20(21-16-12-13-17-22(21)23)15-11-9-10-14-18-28-25(4,5)6/h12-13,16-17,19,23,27H,9-11,14-15,18H2,1-8H3. The molecule has 0 fully saturated rings. The topological polar surface area (TPSA) is 21.3 Å². The monoisotopic (exact) mass is 385 g/mol. The Hall–Kier alpha value is -1.12. The maximum absolute atomic E-state index is 5.83. The van der Waals surface area contributed by atoms with Gasteiger partial charge in [0.2, 0.25) is 0 Å². The Bertz CT molecular complexity index is 658. The average molecular weight is 386 g/mol. The predicted octanol–water partition coefficient (Wildman–Crippen LogP) is 7.10. The molecular formula is C26H43NO. The molecule has 0 aromatic heterocycles. The fourth-order valence-electron chi connectivity index (χ4n) is 4.45. The number of nitrogens with one attached hydrogen (secondary N) is 1. The minimum atomic E-state index is -0.0126. The van der Waals surface area contributed by atoms with Crippen LogP contribution in [0.1, 0.15) is 105 Å². The number of rotatable bonds is 9. The maximum atomic E-state index is 5.83. The van der Waals surface area contributed by atoms with E-state index in [0.29, 0.717) is 5.92 Å². The molecule has 0 amide bonds. The Kier molecular flexibility index (Phi) is 7.56. The molecule has 0 spiro atoms. The first-order chi connectivity index (χ1) is 12.9. The molecule has 0 bridgehead atoms. The Balaban J connectivity index is 1.93. The second kappa shape index (κ2) is 9.13. The van der Waals surface area contributed by atoms with Gasteiger partial charge in [0.05, 0.1) is 5.60 Å². The summed E-state index contributed by atoms with van der Waals surface area (Å²) in [4.78, 5) is 0. The van der Waals surface area contributed by atoms with Crippen LogP contribution in [0.25, 0.3) is 5.57 Å². The molecular weight excluding hydrogens is 342 g/mol. The van der Waals surface area contributed by atoms with Gasteiger partial charge in [-0.25, -0.2) is 0 Å². The van der Waals surface area contributed by atoms with E-state index in [-0.39, 0.29) is 16.7 Å². The lowest BCUT2D eigenvalue weighted by atomic mass is 9.82. The molecule has 0 saturated heterocycles. The van der Waals surface area contributed by atoms with Crippen molar-refractivity contribution < 1.29 is 4.74 Å². The minimum absolute atomic E-state index is 0.0126. The highest BCUT2D eigenvalue weighted by atomic mass is 16.5. The van der Waals surface area contributed by atoms with Gasteiger partial charge in [0, 0.05) is 23.6 Å². The van der Waals surface area contributed by atoms with Crippen molar-refractivity contribution in [3.63, 3.8) is 0 Å². The summed E-state index contributed by atoms with van der Waals surface area (Å²) < 4.78 is 5.83. The summed E-state index contributed by atoms with van der Waals surface area (Å²) in [5.74, 6) is 0.429. The number of benzene rings is 1. The zero-order valence-corrected chi connectivity index (χ0v) is 19.6.